The molecule has 6 heteroatoms. The number of aliphatic hydroxyl groups is 1. The first kappa shape index (κ1) is 16.5. The van der Waals surface area contributed by atoms with E-state index in [1.54, 1.807) is 17.4 Å². The summed E-state index contributed by atoms with van der Waals surface area (Å²) in [6.07, 6.45) is 10.7. The number of aryl methyl sites for hydroxylation is 1. The number of carbonyl (C=O) groups excluding carboxylic acids is 1. The Labute approximate surface area is 138 Å². The molecule has 0 unspecified atom stereocenters. The van der Waals surface area contributed by atoms with E-state index in [0.717, 1.165) is 38.9 Å². The van der Waals surface area contributed by atoms with Crippen molar-refractivity contribution in [1.29, 1.82) is 0 Å². The van der Waals surface area contributed by atoms with Crippen molar-refractivity contribution in [2.75, 3.05) is 20.1 Å². The molecule has 23 heavy (non-hydrogen) atoms. The van der Waals surface area contributed by atoms with Gasteiger partial charge in [0.25, 0.3) is 0 Å². The SMILES string of the molecule is CN(C(=O)CCCn1ccnc1)[C@@H]1CC[C@@H](N2CCCC2)[C@@H]1O. The molecule has 1 amide bonds. The number of aliphatic hydroxyl groups excluding tert-OH is 1. The van der Waals surface area contributed by atoms with Gasteiger partial charge in [0.1, 0.15) is 0 Å². The number of nitrogens with zero attached hydrogens (tertiary/aromatic N) is 4. The third-order valence-corrected chi connectivity index (χ3v) is 5.41. The highest BCUT2D eigenvalue weighted by Gasteiger charge is 2.41. The number of hydrogen-bond donors (Lipinski definition) is 1. The largest absolute Gasteiger partial charge is 0.389 e. The molecule has 1 saturated heterocycles. The zero-order valence-electron chi connectivity index (χ0n) is 14.0. The minimum atomic E-state index is -0.407. The first-order valence-electron chi connectivity index (χ1n) is 8.80. The van der Waals surface area contributed by atoms with Gasteiger partial charge >= 0.3 is 0 Å². The molecule has 0 aromatic carbocycles. The fraction of sp³-hybridized carbons (Fsp3) is 0.765. The van der Waals surface area contributed by atoms with Gasteiger partial charge in [-0.1, -0.05) is 0 Å². The highest BCUT2D eigenvalue weighted by atomic mass is 16.3. The quantitative estimate of drug-likeness (QED) is 0.853. The lowest BCUT2D eigenvalue weighted by molar-refractivity contribution is -0.134. The molecule has 1 aliphatic heterocycles. The lowest BCUT2D eigenvalue weighted by atomic mass is 10.1. The molecule has 0 radical (unpaired) electrons. The van der Waals surface area contributed by atoms with Crippen molar-refractivity contribution in [2.45, 2.75) is 63.3 Å². The number of carbonyl (C=O) groups is 1. The van der Waals surface area contributed by atoms with Crippen LogP contribution in [0.4, 0.5) is 0 Å². The van der Waals surface area contributed by atoms with E-state index in [9.17, 15) is 9.90 Å². The zero-order valence-corrected chi connectivity index (χ0v) is 14.0. The Kier molecular flexibility index (Phi) is 5.33. The van der Waals surface area contributed by atoms with Crippen LogP contribution in [0.3, 0.4) is 0 Å². The number of rotatable bonds is 6. The van der Waals surface area contributed by atoms with Gasteiger partial charge in [-0.2, -0.15) is 0 Å². The summed E-state index contributed by atoms with van der Waals surface area (Å²) < 4.78 is 1.99. The molecule has 2 fully saturated rings. The molecule has 2 heterocycles. The third kappa shape index (κ3) is 3.75. The minimum Gasteiger partial charge on any atom is -0.389 e. The van der Waals surface area contributed by atoms with E-state index >= 15 is 0 Å². The number of likely N-dealkylation sites (tertiary alicyclic amines) is 1. The second-order valence-electron chi connectivity index (χ2n) is 6.85. The molecule has 3 rings (SSSR count). The number of hydrogen-bond acceptors (Lipinski definition) is 4. The Morgan fingerprint density at radius 2 is 2.13 bits per heavy atom. The van der Waals surface area contributed by atoms with Crippen LogP contribution < -0.4 is 0 Å². The Morgan fingerprint density at radius 3 is 2.83 bits per heavy atom. The number of amides is 1. The summed E-state index contributed by atoms with van der Waals surface area (Å²) in [6, 6.07) is 0.213. The van der Waals surface area contributed by atoms with Gasteiger partial charge in [-0.15, -0.1) is 0 Å². The molecule has 1 aromatic heterocycles. The van der Waals surface area contributed by atoms with Gasteiger partial charge in [-0.05, 0) is 45.2 Å². The molecule has 0 spiro atoms. The van der Waals surface area contributed by atoms with Gasteiger partial charge in [-0.25, -0.2) is 4.98 Å². The topological polar surface area (TPSA) is 61.6 Å². The second-order valence-corrected chi connectivity index (χ2v) is 6.85. The van der Waals surface area contributed by atoms with E-state index in [1.807, 2.05) is 17.8 Å². The van der Waals surface area contributed by atoms with Crippen LogP contribution in [0.1, 0.15) is 38.5 Å². The van der Waals surface area contributed by atoms with E-state index in [-0.39, 0.29) is 18.0 Å². The molecular formula is C17H28N4O2. The first-order valence-corrected chi connectivity index (χ1v) is 8.80. The average Bonchev–Trinajstić information content (AvgIpc) is 3.27. The van der Waals surface area contributed by atoms with Crippen LogP contribution >= 0.6 is 0 Å². The van der Waals surface area contributed by atoms with Gasteiger partial charge in [0.15, 0.2) is 0 Å². The number of aromatic nitrogens is 2. The predicted molar refractivity (Wildman–Crippen MR) is 87.9 cm³/mol. The molecule has 1 saturated carbocycles. The van der Waals surface area contributed by atoms with E-state index in [4.69, 9.17) is 0 Å². The van der Waals surface area contributed by atoms with Gasteiger partial charge in [-0.3, -0.25) is 9.69 Å². The van der Waals surface area contributed by atoms with E-state index in [1.165, 1.54) is 12.8 Å². The maximum atomic E-state index is 12.4. The number of likely N-dealkylation sites (N-methyl/N-ethyl adjacent to an activating group) is 1. The van der Waals surface area contributed by atoms with Crippen LogP contribution in [0.2, 0.25) is 0 Å². The summed E-state index contributed by atoms with van der Waals surface area (Å²) in [4.78, 5) is 20.6. The summed E-state index contributed by atoms with van der Waals surface area (Å²) in [5.74, 6) is 0.135. The number of imidazole rings is 1. The molecule has 6 nitrogen and oxygen atoms in total. The summed E-state index contributed by atoms with van der Waals surface area (Å²) in [7, 11) is 1.85. The van der Waals surface area contributed by atoms with Crippen molar-refractivity contribution in [2.24, 2.45) is 0 Å². The third-order valence-electron chi connectivity index (χ3n) is 5.41. The van der Waals surface area contributed by atoms with Crippen molar-refractivity contribution in [3.05, 3.63) is 18.7 Å². The van der Waals surface area contributed by atoms with E-state index < -0.39 is 6.10 Å². The van der Waals surface area contributed by atoms with Crippen molar-refractivity contribution in [3.63, 3.8) is 0 Å². The lowest BCUT2D eigenvalue weighted by Crippen LogP contribution is -2.48. The Balaban J connectivity index is 1.47. The van der Waals surface area contributed by atoms with Crippen LogP contribution in [0, 0.1) is 0 Å². The van der Waals surface area contributed by atoms with Crippen molar-refractivity contribution in [1.82, 2.24) is 19.4 Å². The van der Waals surface area contributed by atoms with Gasteiger partial charge in [0, 0.05) is 38.4 Å². The molecule has 1 aliphatic carbocycles. The van der Waals surface area contributed by atoms with Crippen LogP contribution in [0.5, 0.6) is 0 Å². The molecule has 0 bridgehead atoms. The summed E-state index contributed by atoms with van der Waals surface area (Å²) >= 11 is 0. The van der Waals surface area contributed by atoms with Crippen LogP contribution in [-0.2, 0) is 11.3 Å². The standard InChI is InChI=1S/C17H28N4O2/c1-19(16(22)5-4-9-20-12-8-18-13-20)14-6-7-15(17(14)23)21-10-2-3-11-21/h8,12-15,17,23H,2-7,9-11H2,1H3/t14-,15-,17-/m1/s1. The maximum Gasteiger partial charge on any atom is 0.222 e. The smallest absolute Gasteiger partial charge is 0.222 e. The fourth-order valence-electron chi connectivity index (χ4n) is 4.03. The molecule has 3 atom stereocenters. The van der Waals surface area contributed by atoms with E-state index in [2.05, 4.69) is 9.88 Å². The predicted octanol–water partition coefficient (Wildman–Crippen LogP) is 1.11. The Morgan fingerprint density at radius 1 is 1.35 bits per heavy atom. The highest BCUT2D eigenvalue weighted by Crippen LogP contribution is 2.30. The van der Waals surface area contributed by atoms with Crippen LogP contribution in [0.15, 0.2) is 18.7 Å². The van der Waals surface area contributed by atoms with Gasteiger partial charge < -0.3 is 14.6 Å². The minimum absolute atomic E-state index is 0.0265. The van der Waals surface area contributed by atoms with Crippen molar-refractivity contribution < 1.29 is 9.90 Å². The molecule has 1 N–H and O–H groups in total. The zero-order chi connectivity index (χ0) is 16.2. The maximum absolute atomic E-state index is 12.4. The monoisotopic (exact) mass is 320 g/mol. The molecule has 2 aliphatic rings. The lowest BCUT2D eigenvalue weighted by Gasteiger charge is -2.32. The van der Waals surface area contributed by atoms with Crippen molar-refractivity contribution in [3.8, 4) is 0 Å². The second kappa shape index (κ2) is 7.45. The Hall–Kier alpha value is -1.40. The summed E-state index contributed by atoms with van der Waals surface area (Å²) in [5, 5.41) is 10.7. The summed E-state index contributed by atoms with van der Waals surface area (Å²) in [5.41, 5.74) is 0. The van der Waals surface area contributed by atoms with Crippen LogP contribution in [-0.4, -0.2) is 68.7 Å². The van der Waals surface area contributed by atoms with Gasteiger partial charge in [0.05, 0.1) is 18.5 Å². The fourth-order valence-corrected chi connectivity index (χ4v) is 4.03. The molecular weight excluding hydrogens is 292 g/mol. The normalized spacial score (nSPS) is 28.3. The average molecular weight is 320 g/mol. The van der Waals surface area contributed by atoms with E-state index in [0.29, 0.717) is 6.42 Å². The van der Waals surface area contributed by atoms with Crippen molar-refractivity contribution >= 4 is 5.91 Å². The first-order chi connectivity index (χ1) is 11.2. The highest BCUT2D eigenvalue weighted by molar-refractivity contribution is 5.76. The molecule has 128 valence electrons. The van der Waals surface area contributed by atoms with Crippen LogP contribution in [0.25, 0.3) is 0 Å². The summed E-state index contributed by atoms with van der Waals surface area (Å²) in [6.45, 7) is 3.00. The Bertz CT molecular complexity index is 499. The molecule has 1 aromatic rings. The van der Waals surface area contributed by atoms with Gasteiger partial charge in [0.2, 0.25) is 5.91 Å².